The number of hydrogen-bond acceptors (Lipinski definition) is 4. The molecule has 0 spiro atoms. The zero-order valence-electron chi connectivity index (χ0n) is 21.2. The number of pyridine rings is 1. The quantitative estimate of drug-likeness (QED) is 0.389. The second kappa shape index (κ2) is 11.4. The van der Waals surface area contributed by atoms with Gasteiger partial charge in [0.25, 0.3) is 0 Å². The average Bonchev–Trinajstić information content (AvgIpc) is 2.87. The van der Waals surface area contributed by atoms with E-state index in [9.17, 15) is 4.79 Å². The summed E-state index contributed by atoms with van der Waals surface area (Å²) in [5.41, 5.74) is 4.18. The van der Waals surface area contributed by atoms with Gasteiger partial charge in [0.15, 0.2) is 0 Å². The predicted molar refractivity (Wildman–Crippen MR) is 142 cm³/mol. The molecule has 2 aromatic carbocycles. The molecule has 1 fully saturated rings. The van der Waals surface area contributed by atoms with Crippen LogP contribution in [0.1, 0.15) is 64.0 Å². The molecule has 0 bridgehead atoms. The summed E-state index contributed by atoms with van der Waals surface area (Å²) in [5, 5.41) is 3.34. The minimum absolute atomic E-state index is 0.205. The summed E-state index contributed by atoms with van der Waals surface area (Å²) in [4.78, 5) is 19.3. The van der Waals surface area contributed by atoms with Crippen LogP contribution in [-0.2, 0) is 17.8 Å². The Morgan fingerprint density at radius 2 is 1.54 bits per heavy atom. The van der Waals surface area contributed by atoms with Gasteiger partial charge < -0.3 is 15.0 Å². The fourth-order valence-corrected chi connectivity index (χ4v) is 4.53. The molecule has 3 aromatic rings. The van der Waals surface area contributed by atoms with Crippen LogP contribution in [0.5, 0.6) is 0 Å². The first-order valence-electron chi connectivity index (χ1n) is 12.7. The molecule has 5 nitrogen and oxygen atoms in total. The normalized spacial score (nSPS) is 14.4. The fraction of sp³-hybridized carbons (Fsp3) is 0.400. The molecular formula is C30H37N3O2. The predicted octanol–water partition coefficient (Wildman–Crippen LogP) is 7.43. The lowest BCUT2D eigenvalue weighted by Gasteiger charge is -2.35. The lowest BCUT2D eigenvalue weighted by atomic mass is 9.94. The van der Waals surface area contributed by atoms with Gasteiger partial charge in [-0.1, -0.05) is 73.9 Å². The van der Waals surface area contributed by atoms with Gasteiger partial charge in [0.2, 0.25) is 0 Å². The van der Waals surface area contributed by atoms with Gasteiger partial charge in [0, 0.05) is 25.3 Å². The third-order valence-corrected chi connectivity index (χ3v) is 6.38. The molecule has 0 aliphatic heterocycles. The zero-order valence-corrected chi connectivity index (χ0v) is 21.2. The van der Waals surface area contributed by atoms with Crippen LogP contribution in [0.3, 0.4) is 0 Å². The third kappa shape index (κ3) is 7.32. The molecule has 1 heterocycles. The molecule has 1 aliphatic carbocycles. The molecule has 0 atom stereocenters. The lowest BCUT2D eigenvalue weighted by molar-refractivity contribution is 0.00988. The number of nitrogens with zero attached hydrogens (tertiary/aromatic N) is 2. The Labute approximate surface area is 209 Å². The Balaban J connectivity index is 1.40. The molecule has 1 N–H and O–H groups in total. The Bertz CT molecular complexity index is 1070. The van der Waals surface area contributed by atoms with E-state index in [0.29, 0.717) is 6.54 Å². The Kier molecular flexibility index (Phi) is 8.06. The van der Waals surface area contributed by atoms with Crippen LogP contribution in [0.4, 0.5) is 10.6 Å². The second-order valence-corrected chi connectivity index (χ2v) is 10.4. The van der Waals surface area contributed by atoms with Gasteiger partial charge in [0.05, 0.1) is 0 Å². The number of carbonyl (C=O) groups is 1. The number of hydrogen-bond donors (Lipinski definition) is 1. The van der Waals surface area contributed by atoms with Crippen molar-refractivity contribution in [1.82, 2.24) is 9.88 Å². The summed E-state index contributed by atoms with van der Waals surface area (Å²) < 4.78 is 5.76. The summed E-state index contributed by atoms with van der Waals surface area (Å²) in [6.45, 7) is 7.10. The van der Waals surface area contributed by atoms with E-state index in [-0.39, 0.29) is 12.1 Å². The maximum atomic E-state index is 13.0. The molecule has 0 unspecified atom stereocenters. The minimum atomic E-state index is -0.493. The number of ether oxygens (including phenoxy) is 1. The monoisotopic (exact) mass is 471 g/mol. The Morgan fingerprint density at radius 3 is 2.11 bits per heavy atom. The highest BCUT2D eigenvalue weighted by molar-refractivity contribution is 5.69. The number of benzene rings is 2. The average molecular weight is 472 g/mol. The highest BCUT2D eigenvalue weighted by Crippen LogP contribution is 2.27. The molecule has 5 heteroatoms. The van der Waals surface area contributed by atoms with Crippen molar-refractivity contribution in [2.24, 2.45) is 0 Å². The van der Waals surface area contributed by atoms with Gasteiger partial charge >= 0.3 is 6.09 Å². The molecule has 4 rings (SSSR count). The van der Waals surface area contributed by atoms with Crippen molar-refractivity contribution in [3.63, 3.8) is 0 Å². The number of carbonyl (C=O) groups excluding carboxylic acids is 1. The first-order valence-corrected chi connectivity index (χ1v) is 12.7. The van der Waals surface area contributed by atoms with Crippen LogP contribution in [0.25, 0.3) is 11.1 Å². The fourth-order valence-electron chi connectivity index (χ4n) is 4.53. The number of rotatable bonds is 7. The largest absolute Gasteiger partial charge is 0.444 e. The van der Waals surface area contributed by atoms with E-state index in [1.54, 1.807) is 6.20 Å². The molecule has 1 aliphatic rings. The van der Waals surface area contributed by atoms with Crippen molar-refractivity contribution in [1.29, 1.82) is 0 Å². The molecule has 1 aromatic heterocycles. The van der Waals surface area contributed by atoms with Crippen molar-refractivity contribution >= 4 is 11.9 Å². The van der Waals surface area contributed by atoms with Gasteiger partial charge in [0.1, 0.15) is 11.4 Å². The molecule has 1 amide bonds. The number of aromatic nitrogens is 1. The Hall–Kier alpha value is -3.34. The van der Waals surface area contributed by atoms with E-state index >= 15 is 0 Å². The van der Waals surface area contributed by atoms with Gasteiger partial charge in [-0.3, -0.25) is 0 Å². The van der Waals surface area contributed by atoms with E-state index in [1.807, 2.05) is 43.9 Å². The van der Waals surface area contributed by atoms with Crippen LogP contribution in [0.2, 0.25) is 0 Å². The number of nitrogens with one attached hydrogen (secondary N) is 1. The van der Waals surface area contributed by atoms with Crippen molar-refractivity contribution in [3.8, 4) is 11.1 Å². The minimum Gasteiger partial charge on any atom is -0.444 e. The van der Waals surface area contributed by atoms with E-state index < -0.39 is 5.60 Å². The van der Waals surface area contributed by atoms with E-state index in [4.69, 9.17) is 4.74 Å². The summed E-state index contributed by atoms with van der Waals surface area (Å²) in [5.74, 6) is 0.876. The van der Waals surface area contributed by atoms with Crippen LogP contribution >= 0.6 is 0 Å². The van der Waals surface area contributed by atoms with E-state index in [1.165, 1.54) is 36.0 Å². The SMILES string of the molecule is CC(C)(C)OC(=O)N(Cc1ccc(-c2ccc(CNc3ccccn3)cc2)cc1)C1CCCCC1. The molecule has 1 saturated carbocycles. The zero-order chi connectivity index (χ0) is 24.7. The first kappa shape index (κ1) is 24.8. The maximum absolute atomic E-state index is 13.0. The first-order chi connectivity index (χ1) is 16.9. The summed E-state index contributed by atoms with van der Waals surface area (Å²) in [6, 6.07) is 23.3. The van der Waals surface area contributed by atoms with Crippen molar-refractivity contribution in [2.75, 3.05) is 5.32 Å². The van der Waals surface area contributed by atoms with E-state index in [0.717, 1.165) is 30.8 Å². The van der Waals surface area contributed by atoms with Gasteiger partial charge in [-0.2, -0.15) is 0 Å². The lowest BCUT2D eigenvalue weighted by Crippen LogP contribution is -2.43. The van der Waals surface area contributed by atoms with Gasteiger partial charge in [-0.05, 0) is 68.0 Å². The second-order valence-electron chi connectivity index (χ2n) is 10.4. The van der Waals surface area contributed by atoms with Crippen LogP contribution in [-0.4, -0.2) is 27.6 Å². The standard InChI is InChI=1S/C30H37N3O2/c1-30(2,3)35-29(34)33(27-9-5-4-6-10-27)22-24-14-18-26(19-15-24)25-16-12-23(13-17-25)21-32-28-11-7-8-20-31-28/h7-8,11-20,27H,4-6,9-10,21-22H2,1-3H3,(H,31,32). The highest BCUT2D eigenvalue weighted by atomic mass is 16.6. The Morgan fingerprint density at radius 1 is 0.914 bits per heavy atom. The van der Waals surface area contributed by atoms with Crippen LogP contribution in [0, 0.1) is 0 Å². The topological polar surface area (TPSA) is 54.5 Å². The van der Waals surface area contributed by atoms with Crippen molar-refractivity contribution in [3.05, 3.63) is 84.1 Å². The van der Waals surface area contributed by atoms with Gasteiger partial charge in [-0.15, -0.1) is 0 Å². The molecule has 0 saturated heterocycles. The highest BCUT2D eigenvalue weighted by Gasteiger charge is 2.29. The van der Waals surface area contributed by atoms with Gasteiger partial charge in [-0.25, -0.2) is 9.78 Å². The van der Waals surface area contributed by atoms with Crippen LogP contribution < -0.4 is 5.32 Å². The number of amides is 1. The summed E-state index contributed by atoms with van der Waals surface area (Å²) in [6.07, 6.45) is 7.30. The molecular weight excluding hydrogens is 434 g/mol. The van der Waals surface area contributed by atoms with Crippen molar-refractivity contribution in [2.45, 2.75) is 77.6 Å². The summed E-state index contributed by atoms with van der Waals surface area (Å²) >= 11 is 0. The summed E-state index contributed by atoms with van der Waals surface area (Å²) in [7, 11) is 0. The smallest absolute Gasteiger partial charge is 0.410 e. The maximum Gasteiger partial charge on any atom is 0.410 e. The third-order valence-electron chi connectivity index (χ3n) is 6.38. The molecule has 0 radical (unpaired) electrons. The number of anilines is 1. The van der Waals surface area contributed by atoms with Crippen molar-refractivity contribution < 1.29 is 9.53 Å². The van der Waals surface area contributed by atoms with Crippen LogP contribution in [0.15, 0.2) is 72.9 Å². The molecule has 35 heavy (non-hydrogen) atoms. The molecule has 184 valence electrons. The van der Waals surface area contributed by atoms with E-state index in [2.05, 4.69) is 58.8 Å².